The van der Waals surface area contributed by atoms with Gasteiger partial charge in [-0.2, -0.15) is 15.0 Å². The zero-order chi connectivity index (χ0) is 20.1. The molecule has 0 saturated carbocycles. The van der Waals surface area contributed by atoms with Crippen LogP contribution in [-0.2, 0) is 9.47 Å². The minimum Gasteiger partial charge on any atom is -0.378 e. The van der Waals surface area contributed by atoms with E-state index in [1.807, 2.05) is 19.1 Å². The molecule has 10 nitrogen and oxygen atoms in total. The number of carbonyl (C=O) groups is 1. The van der Waals surface area contributed by atoms with Crippen molar-refractivity contribution in [3.8, 4) is 0 Å². The highest BCUT2D eigenvalue weighted by molar-refractivity contribution is 5.94. The van der Waals surface area contributed by atoms with Crippen LogP contribution in [0.3, 0.4) is 0 Å². The van der Waals surface area contributed by atoms with Crippen LogP contribution in [0.15, 0.2) is 24.3 Å². The molecular weight excluding hydrogens is 374 g/mol. The highest BCUT2D eigenvalue weighted by atomic mass is 16.5. The van der Waals surface area contributed by atoms with Crippen LogP contribution < -0.4 is 20.7 Å². The molecule has 1 aromatic carbocycles. The lowest BCUT2D eigenvalue weighted by atomic mass is 10.1. The highest BCUT2D eigenvalue weighted by Gasteiger charge is 2.21. The average Bonchev–Trinajstić information content (AvgIpc) is 2.79. The Kier molecular flexibility index (Phi) is 6.01. The number of morpholine rings is 2. The summed E-state index contributed by atoms with van der Waals surface area (Å²) in [4.78, 5) is 30.2. The minimum absolute atomic E-state index is 0.258. The van der Waals surface area contributed by atoms with Crippen molar-refractivity contribution in [1.82, 2.24) is 20.4 Å². The predicted molar refractivity (Wildman–Crippen MR) is 108 cm³/mol. The summed E-state index contributed by atoms with van der Waals surface area (Å²) in [5, 5.41) is 0. The van der Waals surface area contributed by atoms with Gasteiger partial charge in [-0.15, -0.1) is 0 Å². The Morgan fingerprint density at radius 1 is 0.862 bits per heavy atom. The molecule has 1 amide bonds. The second-order valence-electron chi connectivity index (χ2n) is 6.90. The molecule has 1 aromatic heterocycles. The summed E-state index contributed by atoms with van der Waals surface area (Å²) in [5.74, 6) is 1.17. The van der Waals surface area contributed by atoms with Crippen LogP contribution in [0.1, 0.15) is 15.9 Å². The van der Waals surface area contributed by atoms with E-state index in [1.165, 1.54) is 0 Å². The lowest BCUT2D eigenvalue weighted by molar-refractivity contribution is 0.0962. The molecule has 2 aliphatic rings. The number of amides is 1. The monoisotopic (exact) mass is 399 g/mol. The molecule has 2 aromatic rings. The van der Waals surface area contributed by atoms with Crippen molar-refractivity contribution in [3.63, 3.8) is 0 Å². The van der Waals surface area contributed by atoms with Crippen molar-refractivity contribution >= 4 is 23.8 Å². The van der Waals surface area contributed by atoms with Crippen molar-refractivity contribution in [2.75, 3.05) is 67.8 Å². The second-order valence-corrected chi connectivity index (χ2v) is 6.90. The molecule has 154 valence electrons. The fraction of sp³-hybridized carbons (Fsp3) is 0.474. The number of nitrogens with one attached hydrogen (secondary N) is 2. The average molecular weight is 399 g/mol. The quantitative estimate of drug-likeness (QED) is 0.700. The summed E-state index contributed by atoms with van der Waals surface area (Å²) in [6, 6.07) is 7.34. The van der Waals surface area contributed by atoms with E-state index in [0.29, 0.717) is 76.0 Å². The van der Waals surface area contributed by atoms with E-state index < -0.39 is 0 Å². The Hall–Kier alpha value is -2.98. The smallest absolute Gasteiger partial charge is 0.269 e. The second kappa shape index (κ2) is 9.01. The Morgan fingerprint density at radius 2 is 1.38 bits per heavy atom. The first kappa shape index (κ1) is 19.3. The van der Waals surface area contributed by atoms with E-state index in [2.05, 4.69) is 35.6 Å². The molecule has 4 rings (SSSR count). The lowest BCUT2D eigenvalue weighted by Crippen LogP contribution is -2.40. The van der Waals surface area contributed by atoms with Crippen LogP contribution in [0.5, 0.6) is 0 Å². The molecule has 0 atom stereocenters. The molecule has 3 heterocycles. The van der Waals surface area contributed by atoms with Crippen LogP contribution in [0.2, 0.25) is 0 Å². The summed E-state index contributed by atoms with van der Waals surface area (Å²) in [6.45, 7) is 7.34. The molecule has 0 aliphatic carbocycles. The number of rotatable bonds is 5. The number of hydrazine groups is 1. The third kappa shape index (κ3) is 4.90. The zero-order valence-electron chi connectivity index (χ0n) is 16.4. The van der Waals surface area contributed by atoms with Gasteiger partial charge in [-0.25, -0.2) is 0 Å². The number of carbonyl (C=O) groups excluding carboxylic acids is 1. The molecule has 29 heavy (non-hydrogen) atoms. The van der Waals surface area contributed by atoms with Gasteiger partial charge in [-0.1, -0.05) is 17.7 Å². The maximum Gasteiger partial charge on any atom is 0.269 e. The van der Waals surface area contributed by atoms with Gasteiger partial charge in [0.15, 0.2) is 0 Å². The molecule has 0 bridgehead atoms. The van der Waals surface area contributed by atoms with Gasteiger partial charge >= 0.3 is 0 Å². The third-order valence-electron chi connectivity index (χ3n) is 4.80. The zero-order valence-corrected chi connectivity index (χ0v) is 16.4. The largest absolute Gasteiger partial charge is 0.378 e. The van der Waals surface area contributed by atoms with Crippen molar-refractivity contribution in [3.05, 3.63) is 35.4 Å². The molecule has 2 N–H and O–H groups in total. The van der Waals surface area contributed by atoms with E-state index in [1.54, 1.807) is 12.1 Å². The maximum atomic E-state index is 12.4. The third-order valence-corrected chi connectivity index (χ3v) is 4.80. The van der Waals surface area contributed by atoms with Gasteiger partial charge in [0.25, 0.3) is 5.91 Å². The fourth-order valence-electron chi connectivity index (χ4n) is 3.11. The van der Waals surface area contributed by atoms with Crippen molar-refractivity contribution < 1.29 is 14.3 Å². The van der Waals surface area contributed by atoms with Crippen molar-refractivity contribution in [2.24, 2.45) is 0 Å². The topological polar surface area (TPSA) is 105 Å². The summed E-state index contributed by atoms with van der Waals surface area (Å²) in [5.41, 5.74) is 7.16. The summed E-state index contributed by atoms with van der Waals surface area (Å²) < 4.78 is 10.8. The Balaban J connectivity index is 1.52. The molecule has 10 heteroatoms. The Morgan fingerprint density at radius 3 is 1.90 bits per heavy atom. The summed E-state index contributed by atoms with van der Waals surface area (Å²) in [6.07, 6.45) is 0. The first-order valence-electron chi connectivity index (χ1n) is 9.73. The first-order chi connectivity index (χ1) is 14.2. The van der Waals surface area contributed by atoms with Crippen molar-refractivity contribution in [2.45, 2.75) is 6.92 Å². The van der Waals surface area contributed by atoms with Crippen LogP contribution >= 0.6 is 0 Å². The fourth-order valence-corrected chi connectivity index (χ4v) is 3.11. The van der Waals surface area contributed by atoms with Gasteiger partial charge in [-0.3, -0.25) is 15.6 Å². The number of benzene rings is 1. The van der Waals surface area contributed by atoms with E-state index in [9.17, 15) is 4.79 Å². The molecule has 0 radical (unpaired) electrons. The predicted octanol–water partition coefficient (Wildman–Crippen LogP) is 0.610. The number of hydrogen-bond acceptors (Lipinski definition) is 9. The normalized spacial score (nSPS) is 17.1. The lowest BCUT2D eigenvalue weighted by Gasteiger charge is -2.30. The molecular formula is C19H25N7O3. The Labute approximate surface area is 169 Å². The number of nitrogens with zero attached hydrogens (tertiary/aromatic N) is 5. The van der Waals surface area contributed by atoms with Crippen LogP contribution in [0.4, 0.5) is 17.8 Å². The standard InChI is InChI=1S/C19H25N7O3/c1-14-2-4-15(5-3-14)16(27)23-24-17-20-18(25-6-10-28-11-7-25)22-19(21-17)26-8-12-29-13-9-26/h2-5H,6-13H2,1H3,(H,23,27)(H,20,21,22,24). The van der Waals surface area contributed by atoms with Gasteiger partial charge < -0.3 is 19.3 Å². The SMILES string of the molecule is Cc1ccc(C(=O)NNc2nc(N3CCOCC3)nc(N3CCOCC3)n2)cc1. The van der Waals surface area contributed by atoms with Crippen LogP contribution in [0.25, 0.3) is 0 Å². The van der Waals surface area contributed by atoms with Gasteiger partial charge in [-0.05, 0) is 19.1 Å². The number of hydrogen-bond donors (Lipinski definition) is 2. The number of aromatic nitrogens is 3. The number of ether oxygens (including phenoxy) is 2. The number of anilines is 3. The molecule has 2 fully saturated rings. The first-order valence-corrected chi connectivity index (χ1v) is 9.73. The van der Waals surface area contributed by atoms with Gasteiger partial charge in [0.2, 0.25) is 17.8 Å². The van der Waals surface area contributed by atoms with Gasteiger partial charge in [0.05, 0.1) is 26.4 Å². The van der Waals surface area contributed by atoms with E-state index in [0.717, 1.165) is 5.56 Å². The molecule has 0 spiro atoms. The van der Waals surface area contributed by atoms with Gasteiger partial charge in [0.1, 0.15) is 0 Å². The Bertz CT molecular complexity index is 798. The maximum absolute atomic E-state index is 12.4. The summed E-state index contributed by atoms with van der Waals surface area (Å²) in [7, 11) is 0. The highest BCUT2D eigenvalue weighted by Crippen LogP contribution is 2.18. The molecule has 2 saturated heterocycles. The van der Waals surface area contributed by atoms with Crippen LogP contribution in [-0.4, -0.2) is 73.5 Å². The molecule has 0 unspecified atom stereocenters. The minimum atomic E-state index is -0.258. The van der Waals surface area contributed by atoms with E-state index in [4.69, 9.17) is 9.47 Å². The van der Waals surface area contributed by atoms with Crippen molar-refractivity contribution in [1.29, 1.82) is 0 Å². The van der Waals surface area contributed by atoms with E-state index >= 15 is 0 Å². The molecule has 2 aliphatic heterocycles. The van der Waals surface area contributed by atoms with E-state index in [-0.39, 0.29) is 5.91 Å². The van der Waals surface area contributed by atoms with Gasteiger partial charge in [0, 0.05) is 31.7 Å². The number of aryl methyl sites for hydroxylation is 1. The van der Waals surface area contributed by atoms with Crippen LogP contribution in [0, 0.1) is 6.92 Å². The summed E-state index contributed by atoms with van der Waals surface area (Å²) >= 11 is 0.